The number of benzene rings is 1. The SMILES string of the molecule is CCCn1c(CO)nnc1C(c1ccccc1)C(C)CC. The second-order valence-electron chi connectivity index (χ2n) is 5.56. The maximum atomic E-state index is 9.48. The molecule has 0 fully saturated rings. The quantitative estimate of drug-likeness (QED) is 0.849. The average molecular weight is 287 g/mol. The minimum Gasteiger partial charge on any atom is -0.388 e. The maximum absolute atomic E-state index is 9.48. The lowest BCUT2D eigenvalue weighted by Crippen LogP contribution is -2.18. The van der Waals surface area contributed by atoms with E-state index in [-0.39, 0.29) is 12.5 Å². The van der Waals surface area contributed by atoms with E-state index in [9.17, 15) is 5.11 Å². The van der Waals surface area contributed by atoms with Crippen molar-refractivity contribution < 1.29 is 5.11 Å². The van der Waals surface area contributed by atoms with Gasteiger partial charge in [0.05, 0.1) is 0 Å². The molecule has 1 heterocycles. The summed E-state index contributed by atoms with van der Waals surface area (Å²) in [5, 5.41) is 18.1. The average Bonchev–Trinajstić information content (AvgIpc) is 2.91. The van der Waals surface area contributed by atoms with E-state index in [0.717, 1.165) is 25.2 Å². The van der Waals surface area contributed by atoms with Crippen LogP contribution in [0.4, 0.5) is 0 Å². The van der Waals surface area contributed by atoms with Gasteiger partial charge in [0.2, 0.25) is 0 Å². The first kappa shape index (κ1) is 15.7. The zero-order valence-corrected chi connectivity index (χ0v) is 13.2. The Labute approximate surface area is 126 Å². The molecule has 2 rings (SSSR count). The van der Waals surface area contributed by atoms with Gasteiger partial charge in [0.25, 0.3) is 0 Å². The first-order valence-electron chi connectivity index (χ1n) is 7.80. The van der Waals surface area contributed by atoms with Crippen molar-refractivity contribution in [2.24, 2.45) is 5.92 Å². The molecule has 0 bridgehead atoms. The van der Waals surface area contributed by atoms with Gasteiger partial charge in [-0.05, 0) is 17.9 Å². The third-order valence-corrected chi connectivity index (χ3v) is 4.09. The van der Waals surface area contributed by atoms with Crippen LogP contribution in [0.25, 0.3) is 0 Å². The minimum atomic E-state index is -0.0605. The highest BCUT2D eigenvalue weighted by molar-refractivity contribution is 5.27. The van der Waals surface area contributed by atoms with Crippen LogP contribution < -0.4 is 0 Å². The number of aliphatic hydroxyl groups excluding tert-OH is 1. The molecule has 0 amide bonds. The van der Waals surface area contributed by atoms with E-state index >= 15 is 0 Å². The lowest BCUT2D eigenvalue weighted by atomic mass is 9.85. The zero-order valence-electron chi connectivity index (χ0n) is 13.2. The van der Waals surface area contributed by atoms with Gasteiger partial charge in [-0.1, -0.05) is 57.5 Å². The number of hydrogen-bond acceptors (Lipinski definition) is 3. The second kappa shape index (κ2) is 7.36. The van der Waals surface area contributed by atoms with Crippen molar-refractivity contribution in [3.63, 3.8) is 0 Å². The normalized spacial score (nSPS) is 14.1. The van der Waals surface area contributed by atoms with Crippen molar-refractivity contribution in [2.75, 3.05) is 0 Å². The summed E-state index contributed by atoms with van der Waals surface area (Å²) in [5.41, 5.74) is 1.26. The van der Waals surface area contributed by atoms with Gasteiger partial charge in [0.1, 0.15) is 12.4 Å². The number of aromatic nitrogens is 3. The molecule has 1 aromatic heterocycles. The topological polar surface area (TPSA) is 50.9 Å². The Morgan fingerprint density at radius 1 is 1.14 bits per heavy atom. The third kappa shape index (κ3) is 3.32. The Hall–Kier alpha value is -1.68. The lowest BCUT2D eigenvalue weighted by Gasteiger charge is -2.23. The zero-order chi connectivity index (χ0) is 15.2. The summed E-state index contributed by atoms with van der Waals surface area (Å²) >= 11 is 0. The minimum absolute atomic E-state index is 0.0605. The molecule has 1 aromatic carbocycles. The fraction of sp³-hybridized carbons (Fsp3) is 0.529. The van der Waals surface area contributed by atoms with E-state index < -0.39 is 0 Å². The molecule has 21 heavy (non-hydrogen) atoms. The summed E-state index contributed by atoms with van der Waals surface area (Å²) in [7, 11) is 0. The van der Waals surface area contributed by atoms with E-state index in [1.54, 1.807) is 0 Å². The molecule has 0 aliphatic rings. The number of aliphatic hydroxyl groups is 1. The lowest BCUT2D eigenvalue weighted by molar-refractivity contribution is 0.263. The van der Waals surface area contributed by atoms with E-state index in [0.29, 0.717) is 11.7 Å². The Bertz CT molecular complexity index is 550. The number of nitrogens with zero attached hydrogens (tertiary/aromatic N) is 3. The fourth-order valence-electron chi connectivity index (χ4n) is 2.79. The van der Waals surface area contributed by atoms with Crippen LogP contribution in [0.15, 0.2) is 30.3 Å². The molecule has 4 heteroatoms. The van der Waals surface area contributed by atoms with E-state index in [4.69, 9.17) is 0 Å². The summed E-state index contributed by atoms with van der Waals surface area (Å²) in [5.74, 6) is 2.33. The van der Waals surface area contributed by atoms with Crippen LogP contribution in [0.5, 0.6) is 0 Å². The molecule has 0 radical (unpaired) electrons. The standard InChI is InChI=1S/C17H25N3O/c1-4-11-20-15(12-21)18-19-17(20)16(13(3)5-2)14-9-7-6-8-10-14/h6-10,13,16,21H,4-5,11-12H2,1-3H3. The van der Waals surface area contributed by atoms with Crippen LogP contribution in [-0.2, 0) is 13.2 Å². The van der Waals surface area contributed by atoms with Gasteiger partial charge < -0.3 is 9.67 Å². The molecule has 0 aliphatic carbocycles. The molecule has 2 atom stereocenters. The highest BCUT2D eigenvalue weighted by Gasteiger charge is 2.26. The van der Waals surface area contributed by atoms with Gasteiger partial charge in [-0.15, -0.1) is 10.2 Å². The molecule has 2 aromatic rings. The molecule has 0 saturated heterocycles. The van der Waals surface area contributed by atoms with Gasteiger partial charge in [0.15, 0.2) is 5.82 Å². The van der Waals surface area contributed by atoms with Crippen molar-refractivity contribution >= 4 is 0 Å². The largest absolute Gasteiger partial charge is 0.388 e. The first-order valence-corrected chi connectivity index (χ1v) is 7.80. The number of hydrogen-bond donors (Lipinski definition) is 1. The molecular weight excluding hydrogens is 262 g/mol. The van der Waals surface area contributed by atoms with Crippen LogP contribution >= 0.6 is 0 Å². The van der Waals surface area contributed by atoms with Gasteiger partial charge in [0, 0.05) is 12.5 Å². The van der Waals surface area contributed by atoms with Crippen LogP contribution in [0, 0.1) is 5.92 Å². The van der Waals surface area contributed by atoms with Crippen LogP contribution in [0.1, 0.15) is 56.7 Å². The summed E-state index contributed by atoms with van der Waals surface area (Å²) in [6, 6.07) is 10.5. The molecular formula is C17H25N3O. The Morgan fingerprint density at radius 2 is 1.86 bits per heavy atom. The maximum Gasteiger partial charge on any atom is 0.158 e. The van der Waals surface area contributed by atoms with Gasteiger partial charge in [-0.25, -0.2) is 0 Å². The van der Waals surface area contributed by atoms with E-state index in [1.807, 2.05) is 6.07 Å². The highest BCUT2D eigenvalue weighted by Crippen LogP contribution is 2.33. The molecule has 0 spiro atoms. The van der Waals surface area contributed by atoms with E-state index in [1.165, 1.54) is 5.56 Å². The Balaban J connectivity index is 2.49. The highest BCUT2D eigenvalue weighted by atomic mass is 16.3. The van der Waals surface area contributed by atoms with Crippen molar-refractivity contribution in [2.45, 2.75) is 52.7 Å². The molecule has 0 saturated carbocycles. The summed E-state index contributed by atoms with van der Waals surface area (Å²) in [6.07, 6.45) is 2.08. The predicted molar refractivity (Wildman–Crippen MR) is 84.0 cm³/mol. The monoisotopic (exact) mass is 287 g/mol. The predicted octanol–water partition coefficient (Wildman–Crippen LogP) is 3.36. The molecule has 1 N–H and O–H groups in total. The molecule has 0 aliphatic heterocycles. The molecule has 4 nitrogen and oxygen atoms in total. The fourth-order valence-corrected chi connectivity index (χ4v) is 2.79. The molecule has 114 valence electrons. The van der Waals surface area contributed by atoms with Gasteiger partial charge >= 0.3 is 0 Å². The first-order chi connectivity index (χ1) is 10.2. The van der Waals surface area contributed by atoms with E-state index in [2.05, 4.69) is 59.8 Å². The van der Waals surface area contributed by atoms with Crippen molar-refractivity contribution in [3.8, 4) is 0 Å². The summed E-state index contributed by atoms with van der Waals surface area (Å²) < 4.78 is 2.09. The van der Waals surface area contributed by atoms with Crippen LogP contribution in [0.3, 0.4) is 0 Å². The van der Waals surface area contributed by atoms with Gasteiger partial charge in [-0.2, -0.15) is 0 Å². The third-order valence-electron chi connectivity index (χ3n) is 4.09. The van der Waals surface area contributed by atoms with Crippen molar-refractivity contribution in [1.29, 1.82) is 0 Å². The summed E-state index contributed by atoms with van der Waals surface area (Å²) in [6.45, 7) is 7.37. The van der Waals surface area contributed by atoms with Crippen molar-refractivity contribution in [3.05, 3.63) is 47.5 Å². The Morgan fingerprint density at radius 3 is 2.43 bits per heavy atom. The molecule has 2 unspecified atom stereocenters. The van der Waals surface area contributed by atoms with Gasteiger partial charge in [-0.3, -0.25) is 0 Å². The van der Waals surface area contributed by atoms with Crippen LogP contribution in [0.2, 0.25) is 0 Å². The van der Waals surface area contributed by atoms with Crippen molar-refractivity contribution in [1.82, 2.24) is 14.8 Å². The second-order valence-corrected chi connectivity index (χ2v) is 5.56. The smallest absolute Gasteiger partial charge is 0.158 e. The Kier molecular flexibility index (Phi) is 5.51. The number of rotatable bonds is 7. The van der Waals surface area contributed by atoms with Crippen LogP contribution in [-0.4, -0.2) is 19.9 Å². The summed E-state index contributed by atoms with van der Waals surface area (Å²) in [4.78, 5) is 0.